The van der Waals surface area contributed by atoms with Crippen molar-refractivity contribution in [2.24, 2.45) is 7.05 Å². The molecule has 0 saturated carbocycles. The number of carbonyl (C=O) groups is 1. The number of amides is 1. The van der Waals surface area contributed by atoms with Crippen molar-refractivity contribution in [2.75, 3.05) is 7.11 Å². The van der Waals surface area contributed by atoms with E-state index in [0.29, 0.717) is 22.6 Å². The second-order valence-electron chi connectivity index (χ2n) is 3.96. The Kier molecular flexibility index (Phi) is 4.21. The van der Waals surface area contributed by atoms with Crippen LogP contribution in [0.5, 0.6) is 5.88 Å². The van der Waals surface area contributed by atoms with Crippen LogP contribution in [0.15, 0.2) is 34.8 Å². The summed E-state index contributed by atoms with van der Waals surface area (Å²) in [5.74, 6) is 0.277. The number of nitrogens with zero attached hydrogens (tertiary/aromatic N) is 2. The van der Waals surface area contributed by atoms with Crippen LogP contribution in [0.1, 0.15) is 16.1 Å². The van der Waals surface area contributed by atoms with E-state index < -0.39 is 0 Å². The van der Waals surface area contributed by atoms with Gasteiger partial charge in [-0.25, -0.2) is 4.68 Å². The van der Waals surface area contributed by atoms with Crippen LogP contribution in [0.4, 0.5) is 0 Å². The van der Waals surface area contributed by atoms with Gasteiger partial charge in [0.05, 0.1) is 7.11 Å². The lowest BCUT2D eigenvalue weighted by Crippen LogP contribution is -2.23. The topological polar surface area (TPSA) is 56.1 Å². The summed E-state index contributed by atoms with van der Waals surface area (Å²) in [6.45, 7) is 0.463. The van der Waals surface area contributed by atoms with Gasteiger partial charge in [0.1, 0.15) is 4.47 Å². The second-order valence-corrected chi connectivity index (χ2v) is 4.76. The van der Waals surface area contributed by atoms with Crippen molar-refractivity contribution < 1.29 is 9.53 Å². The second kappa shape index (κ2) is 5.88. The van der Waals surface area contributed by atoms with Gasteiger partial charge in [0.25, 0.3) is 5.91 Å². The molecule has 1 aromatic heterocycles. The highest BCUT2D eigenvalue weighted by molar-refractivity contribution is 9.10. The van der Waals surface area contributed by atoms with Crippen molar-refractivity contribution in [3.05, 3.63) is 46.1 Å². The fourth-order valence-electron chi connectivity index (χ4n) is 1.71. The molecule has 0 fully saturated rings. The minimum Gasteiger partial charge on any atom is -0.480 e. The van der Waals surface area contributed by atoms with Gasteiger partial charge in [0.2, 0.25) is 5.88 Å². The van der Waals surface area contributed by atoms with E-state index in [4.69, 9.17) is 4.74 Å². The zero-order valence-electron chi connectivity index (χ0n) is 10.7. The van der Waals surface area contributed by atoms with Crippen LogP contribution < -0.4 is 10.1 Å². The minimum atomic E-state index is -0.241. The highest BCUT2D eigenvalue weighted by atomic mass is 79.9. The first-order valence-corrected chi connectivity index (χ1v) is 6.51. The van der Waals surface area contributed by atoms with E-state index in [1.165, 1.54) is 11.8 Å². The predicted octanol–water partition coefficient (Wildman–Crippen LogP) is 2.12. The van der Waals surface area contributed by atoms with Crippen LogP contribution in [0.2, 0.25) is 0 Å². The van der Waals surface area contributed by atoms with Gasteiger partial charge in [-0.3, -0.25) is 4.79 Å². The van der Waals surface area contributed by atoms with E-state index >= 15 is 0 Å². The number of rotatable bonds is 4. The number of benzene rings is 1. The molecule has 5 nitrogen and oxygen atoms in total. The SMILES string of the molecule is COc1c(Br)c(C(=O)NCc2ccccc2)nn1C. The molecule has 0 spiro atoms. The number of aromatic nitrogens is 2. The smallest absolute Gasteiger partial charge is 0.273 e. The maximum Gasteiger partial charge on any atom is 0.273 e. The zero-order valence-corrected chi connectivity index (χ0v) is 12.3. The van der Waals surface area contributed by atoms with E-state index in [9.17, 15) is 4.79 Å². The Bertz CT molecular complexity index is 581. The Morgan fingerprint density at radius 3 is 2.68 bits per heavy atom. The van der Waals surface area contributed by atoms with E-state index in [1.54, 1.807) is 7.05 Å². The molecule has 0 radical (unpaired) electrons. The molecule has 0 saturated heterocycles. The van der Waals surface area contributed by atoms with Gasteiger partial charge >= 0.3 is 0 Å². The normalized spacial score (nSPS) is 10.3. The Morgan fingerprint density at radius 2 is 2.11 bits per heavy atom. The first-order chi connectivity index (χ1) is 9.13. The summed E-state index contributed by atoms with van der Waals surface area (Å²) in [5.41, 5.74) is 1.35. The molecule has 0 aliphatic rings. The van der Waals surface area contributed by atoms with Crippen molar-refractivity contribution in [3.8, 4) is 5.88 Å². The Labute approximate surface area is 119 Å². The fraction of sp³-hybridized carbons (Fsp3) is 0.231. The molecule has 0 atom stereocenters. The standard InChI is InChI=1S/C13H14BrN3O2/c1-17-13(19-2)10(14)11(16-17)12(18)15-8-9-6-4-3-5-7-9/h3-7H,8H2,1-2H3,(H,15,18). The molecule has 1 aromatic carbocycles. The van der Waals surface area contributed by atoms with E-state index in [0.717, 1.165) is 5.56 Å². The van der Waals surface area contributed by atoms with Crippen LogP contribution in [0, 0.1) is 0 Å². The van der Waals surface area contributed by atoms with Crippen molar-refractivity contribution in [1.82, 2.24) is 15.1 Å². The number of aryl methyl sites for hydroxylation is 1. The molecule has 6 heteroatoms. The lowest BCUT2D eigenvalue weighted by Gasteiger charge is -2.03. The molecule has 2 aromatic rings. The summed E-state index contributed by atoms with van der Waals surface area (Å²) >= 11 is 3.32. The summed E-state index contributed by atoms with van der Waals surface area (Å²) in [4.78, 5) is 12.0. The van der Waals surface area contributed by atoms with Crippen molar-refractivity contribution in [3.63, 3.8) is 0 Å². The third kappa shape index (κ3) is 2.96. The number of methoxy groups -OCH3 is 1. The number of hydrogen-bond acceptors (Lipinski definition) is 3. The molecule has 0 aliphatic heterocycles. The molecule has 0 unspecified atom stereocenters. The summed E-state index contributed by atoms with van der Waals surface area (Å²) < 4.78 is 7.22. The number of hydrogen-bond donors (Lipinski definition) is 1. The molecule has 1 amide bonds. The summed E-state index contributed by atoms with van der Waals surface area (Å²) in [6.07, 6.45) is 0. The van der Waals surface area contributed by atoms with Gasteiger partial charge < -0.3 is 10.1 Å². The monoisotopic (exact) mass is 323 g/mol. The van der Waals surface area contributed by atoms with Gasteiger partial charge in [-0.15, -0.1) is 0 Å². The lowest BCUT2D eigenvalue weighted by molar-refractivity contribution is 0.0944. The number of carbonyl (C=O) groups excluding carboxylic acids is 1. The molecule has 0 aliphatic carbocycles. The first kappa shape index (κ1) is 13.6. The average molecular weight is 324 g/mol. The molecule has 1 heterocycles. The van der Waals surface area contributed by atoms with Crippen LogP contribution in [0.3, 0.4) is 0 Å². The third-order valence-corrected chi connectivity index (χ3v) is 3.36. The molecular weight excluding hydrogens is 310 g/mol. The predicted molar refractivity (Wildman–Crippen MR) is 75.1 cm³/mol. The number of nitrogens with one attached hydrogen (secondary N) is 1. The fourth-order valence-corrected chi connectivity index (χ4v) is 2.39. The van der Waals surface area contributed by atoms with Gasteiger partial charge in [-0.1, -0.05) is 30.3 Å². The minimum absolute atomic E-state index is 0.241. The van der Waals surface area contributed by atoms with Crippen molar-refractivity contribution >= 4 is 21.8 Å². The Balaban J connectivity index is 2.08. The average Bonchev–Trinajstić information content (AvgIpc) is 2.72. The molecule has 1 N–H and O–H groups in total. The number of halogens is 1. The van der Waals surface area contributed by atoms with Gasteiger partial charge in [-0.2, -0.15) is 5.10 Å². The van der Waals surface area contributed by atoms with Crippen LogP contribution in [-0.2, 0) is 13.6 Å². The van der Waals surface area contributed by atoms with Crippen molar-refractivity contribution in [2.45, 2.75) is 6.54 Å². The quantitative estimate of drug-likeness (QED) is 0.937. The number of ether oxygens (including phenoxy) is 1. The van der Waals surface area contributed by atoms with Crippen LogP contribution >= 0.6 is 15.9 Å². The third-order valence-electron chi connectivity index (χ3n) is 2.64. The van der Waals surface area contributed by atoms with Crippen LogP contribution in [-0.4, -0.2) is 22.8 Å². The van der Waals surface area contributed by atoms with Gasteiger partial charge in [-0.05, 0) is 21.5 Å². The molecule has 100 valence electrons. The largest absolute Gasteiger partial charge is 0.480 e. The van der Waals surface area contributed by atoms with E-state index in [1.807, 2.05) is 30.3 Å². The molecule has 0 bridgehead atoms. The summed E-state index contributed by atoms with van der Waals surface area (Å²) in [6, 6.07) is 9.70. The molecular formula is C13H14BrN3O2. The zero-order chi connectivity index (χ0) is 13.8. The maximum atomic E-state index is 12.0. The first-order valence-electron chi connectivity index (χ1n) is 5.72. The molecule has 19 heavy (non-hydrogen) atoms. The van der Waals surface area contributed by atoms with Gasteiger partial charge in [0.15, 0.2) is 5.69 Å². The summed E-state index contributed by atoms with van der Waals surface area (Å²) in [7, 11) is 3.25. The lowest BCUT2D eigenvalue weighted by atomic mass is 10.2. The highest BCUT2D eigenvalue weighted by Crippen LogP contribution is 2.27. The van der Waals surface area contributed by atoms with Crippen LogP contribution in [0.25, 0.3) is 0 Å². The Hall–Kier alpha value is -1.82. The van der Waals surface area contributed by atoms with Gasteiger partial charge in [0, 0.05) is 13.6 Å². The maximum absolute atomic E-state index is 12.0. The van der Waals surface area contributed by atoms with Crippen molar-refractivity contribution in [1.29, 1.82) is 0 Å². The Morgan fingerprint density at radius 1 is 1.42 bits per heavy atom. The summed E-state index contributed by atoms with van der Waals surface area (Å²) in [5, 5.41) is 6.95. The van der Waals surface area contributed by atoms with E-state index in [2.05, 4.69) is 26.3 Å². The van der Waals surface area contributed by atoms with E-state index in [-0.39, 0.29) is 5.91 Å². The molecule has 2 rings (SSSR count). The highest BCUT2D eigenvalue weighted by Gasteiger charge is 2.20.